The Morgan fingerprint density at radius 1 is 0.659 bits per heavy atom. The van der Waals surface area contributed by atoms with Crippen LogP contribution in [0.25, 0.3) is 16.9 Å². The number of hydrogen-bond donors (Lipinski definition) is 1. The number of para-hydroxylation sites is 1. The molecule has 2 aromatic heterocycles. The molecule has 0 saturated carbocycles. The molecule has 7 aromatic rings. The number of nitrogens with zero attached hydrogens (tertiary/aromatic N) is 6. The Bertz CT molecular complexity index is 2070. The first kappa shape index (κ1) is 27.5. The molecule has 0 bridgehead atoms. The molecule has 0 aliphatic carbocycles. The van der Waals surface area contributed by atoms with Gasteiger partial charge in [0.05, 0.1) is 12.7 Å². The maximum atomic E-state index is 14.5. The van der Waals surface area contributed by atoms with Gasteiger partial charge in [-0.15, -0.1) is 5.10 Å². The Balaban J connectivity index is 1.60. The van der Waals surface area contributed by atoms with Gasteiger partial charge in [-0.05, 0) is 36.4 Å². The van der Waals surface area contributed by atoms with Gasteiger partial charge in [0.1, 0.15) is 0 Å². The van der Waals surface area contributed by atoms with Crippen molar-refractivity contribution >= 4 is 57.4 Å². The average Bonchev–Trinajstić information content (AvgIpc) is 3.52. The second-order valence-electron chi connectivity index (χ2n) is 9.92. The Morgan fingerprint density at radius 3 is 1.68 bits per heavy atom. The van der Waals surface area contributed by atoms with Crippen LogP contribution in [-0.2, 0) is 0 Å². The van der Waals surface area contributed by atoms with E-state index in [9.17, 15) is 4.79 Å². The molecule has 0 atom stereocenters. The largest absolute Gasteiger partial charge is 0.324 e. The quantitative estimate of drug-likeness (QED) is 0.213. The molecule has 0 saturated heterocycles. The van der Waals surface area contributed by atoms with Gasteiger partial charge in [0.15, 0.2) is 11.2 Å². The van der Waals surface area contributed by atoms with Crippen molar-refractivity contribution in [3.05, 3.63) is 161 Å². The second kappa shape index (κ2) is 11.8. The zero-order valence-electron chi connectivity index (χ0n) is 23.3. The smallest absolute Gasteiger partial charge is 0.305 e. The summed E-state index contributed by atoms with van der Waals surface area (Å²) in [5, 5.41) is 15.5. The lowest BCUT2D eigenvalue weighted by molar-refractivity contribution is 0.815. The van der Waals surface area contributed by atoms with E-state index in [1.165, 1.54) is 4.68 Å². The minimum absolute atomic E-state index is 0.103. The molecule has 5 aromatic carbocycles. The molecule has 0 aliphatic rings. The average molecular weight is 614 g/mol. The minimum Gasteiger partial charge on any atom is -0.324 e. The predicted octanol–water partition coefficient (Wildman–Crippen LogP) is 6.32. The van der Waals surface area contributed by atoms with Crippen LogP contribution < -0.4 is 26.8 Å². The van der Waals surface area contributed by atoms with Crippen LogP contribution in [-0.4, -0.2) is 24.7 Å². The molecule has 0 fully saturated rings. The number of anilines is 2. The van der Waals surface area contributed by atoms with E-state index >= 15 is 0 Å². The third kappa shape index (κ3) is 5.00. The van der Waals surface area contributed by atoms with Crippen LogP contribution in [0.3, 0.4) is 0 Å². The second-order valence-corrected chi connectivity index (χ2v) is 13.4. The summed E-state index contributed by atoms with van der Waals surface area (Å²) < 4.78 is 2.91. The van der Waals surface area contributed by atoms with Gasteiger partial charge in [0.25, 0.3) is 0 Å². The van der Waals surface area contributed by atoms with Crippen LogP contribution in [0.15, 0.2) is 155 Å². The van der Waals surface area contributed by atoms with Gasteiger partial charge in [0.2, 0.25) is 5.95 Å². The molecule has 44 heavy (non-hydrogen) atoms. The summed E-state index contributed by atoms with van der Waals surface area (Å²) in [6.45, 7) is 0. The normalized spacial score (nSPS) is 11.4. The van der Waals surface area contributed by atoms with E-state index in [1.54, 1.807) is 16.8 Å². The van der Waals surface area contributed by atoms with E-state index in [0.29, 0.717) is 16.4 Å². The van der Waals surface area contributed by atoms with Crippen molar-refractivity contribution in [2.24, 2.45) is 4.85 Å². The highest BCUT2D eigenvalue weighted by Gasteiger charge is 2.30. The zero-order chi connectivity index (χ0) is 29.9. The molecule has 214 valence electrons. The highest BCUT2D eigenvalue weighted by Crippen LogP contribution is 2.46. The number of halogens is 1. The van der Waals surface area contributed by atoms with Gasteiger partial charge >= 0.3 is 5.56 Å². The van der Waals surface area contributed by atoms with Crippen LogP contribution in [0, 0.1) is 0 Å². The molecule has 0 amide bonds. The number of rotatable bonds is 7. The van der Waals surface area contributed by atoms with Crippen LogP contribution in [0.1, 0.15) is 0 Å². The fourth-order valence-electron chi connectivity index (χ4n) is 5.10. The molecule has 10 heteroatoms. The monoisotopic (exact) mass is 613 g/mol. The topological polar surface area (TPSA) is 90.0 Å². The van der Waals surface area contributed by atoms with Crippen molar-refractivity contribution in [1.82, 2.24) is 24.7 Å². The Hall–Kier alpha value is -5.30. The molecule has 0 radical (unpaired) electrons. The molecular formula is C34H25ClN7OP. The van der Waals surface area contributed by atoms with Crippen molar-refractivity contribution in [3.63, 3.8) is 0 Å². The Labute approximate surface area is 258 Å². The van der Waals surface area contributed by atoms with Gasteiger partial charge in [-0.25, -0.2) is 0 Å². The van der Waals surface area contributed by atoms with Gasteiger partial charge in [-0.3, -0.25) is 4.79 Å². The molecular weight excluding hydrogens is 589 g/mol. The Morgan fingerprint density at radius 2 is 1.16 bits per heavy atom. The fourth-order valence-corrected chi connectivity index (χ4v) is 8.67. The van der Waals surface area contributed by atoms with Gasteiger partial charge in [-0.2, -0.15) is 19.2 Å². The highest BCUT2D eigenvalue weighted by atomic mass is 35.5. The van der Waals surface area contributed by atoms with Crippen LogP contribution in [0.2, 0.25) is 5.02 Å². The molecule has 0 unspecified atom stereocenters. The predicted molar refractivity (Wildman–Crippen MR) is 179 cm³/mol. The molecule has 0 aliphatic heterocycles. The third-order valence-electron chi connectivity index (χ3n) is 7.17. The van der Waals surface area contributed by atoms with E-state index in [2.05, 4.69) is 52.0 Å². The molecule has 7 rings (SSSR count). The Kier molecular flexibility index (Phi) is 7.36. The summed E-state index contributed by atoms with van der Waals surface area (Å²) in [7, 11) is -2.84. The lowest BCUT2D eigenvalue weighted by atomic mass is 10.3. The van der Waals surface area contributed by atoms with Crippen molar-refractivity contribution in [2.75, 3.05) is 5.32 Å². The standard InChI is InChI=1S/C34H25ClN7OP/c35-25-21-23-26(24-22-25)36-34-37-32-31(38-39-41(32)27-13-5-1-6-14-27)33(43)42(34)40-44(28-15-7-2-8-16-28,29-17-9-3-10-18-29)30-19-11-4-12-20-30/h1-24H,(H,36,37). The minimum atomic E-state index is -2.84. The van der Waals surface area contributed by atoms with Gasteiger partial charge < -0.3 is 5.32 Å². The van der Waals surface area contributed by atoms with Crippen molar-refractivity contribution in [1.29, 1.82) is 0 Å². The van der Waals surface area contributed by atoms with Crippen LogP contribution >= 0.6 is 18.7 Å². The van der Waals surface area contributed by atoms with Crippen LogP contribution in [0.5, 0.6) is 0 Å². The molecule has 1 N–H and O–H groups in total. The maximum Gasteiger partial charge on any atom is 0.305 e. The zero-order valence-corrected chi connectivity index (χ0v) is 24.9. The lowest BCUT2D eigenvalue weighted by Crippen LogP contribution is -2.29. The van der Waals surface area contributed by atoms with Crippen molar-refractivity contribution in [3.8, 4) is 5.69 Å². The maximum absolute atomic E-state index is 14.5. The third-order valence-corrected chi connectivity index (χ3v) is 11.0. The summed E-state index contributed by atoms with van der Waals surface area (Å²) in [4.78, 5) is 24.8. The summed E-state index contributed by atoms with van der Waals surface area (Å²) in [6.07, 6.45) is 0. The fraction of sp³-hybridized carbons (Fsp3) is 0. The summed E-state index contributed by atoms with van der Waals surface area (Å²) in [5.74, 6) is 0.219. The molecule has 8 nitrogen and oxygen atoms in total. The number of hydrogen-bond acceptors (Lipinski definition) is 6. The van der Waals surface area contributed by atoms with E-state index in [1.807, 2.05) is 97.1 Å². The SMILES string of the molecule is O=c1c2nnn(-c3ccccc3)c2nc(Nc2ccc(Cl)cc2)n1N=P(c1ccccc1)(c1ccccc1)c1ccccc1. The number of fused-ring (bicyclic) bond motifs is 1. The molecule has 2 heterocycles. The number of aromatic nitrogens is 5. The first-order chi connectivity index (χ1) is 21.6. The highest BCUT2D eigenvalue weighted by molar-refractivity contribution is 7.87. The summed E-state index contributed by atoms with van der Waals surface area (Å²) >= 11 is 6.18. The summed E-state index contributed by atoms with van der Waals surface area (Å²) in [5.41, 5.74) is 1.39. The van der Waals surface area contributed by atoms with E-state index in [0.717, 1.165) is 21.6 Å². The first-order valence-electron chi connectivity index (χ1n) is 13.9. The summed E-state index contributed by atoms with van der Waals surface area (Å²) in [6, 6.07) is 46.9. The number of nitrogens with one attached hydrogen (secondary N) is 1. The van der Waals surface area contributed by atoms with E-state index in [4.69, 9.17) is 21.4 Å². The van der Waals surface area contributed by atoms with E-state index < -0.39 is 12.6 Å². The first-order valence-corrected chi connectivity index (χ1v) is 16.0. The van der Waals surface area contributed by atoms with Gasteiger partial charge in [-0.1, -0.05) is 126 Å². The van der Waals surface area contributed by atoms with Gasteiger partial charge in [0, 0.05) is 26.6 Å². The van der Waals surface area contributed by atoms with Crippen molar-refractivity contribution in [2.45, 2.75) is 0 Å². The van der Waals surface area contributed by atoms with Crippen molar-refractivity contribution < 1.29 is 0 Å². The lowest BCUT2D eigenvalue weighted by Gasteiger charge is -2.27. The van der Waals surface area contributed by atoms with Crippen LogP contribution in [0.4, 0.5) is 11.6 Å². The molecule has 0 spiro atoms. The number of benzene rings is 5. The van der Waals surface area contributed by atoms with E-state index in [-0.39, 0.29) is 11.5 Å².